The van der Waals surface area contributed by atoms with Gasteiger partial charge in [0, 0.05) is 18.6 Å². The number of hydrogen-bond acceptors (Lipinski definition) is 2. The second-order valence-corrected chi connectivity index (χ2v) is 4.68. The van der Waals surface area contributed by atoms with Crippen molar-refractivity contribution in [3.8, 4) is 0 Å². The first-order chi connectivity index (χ1) is 6.18. The largest absolute Gasteiger partial charge is 0.381 e. The minimum atomic E-state index is 0.435. The molecule has 0 spiro atoms. The van der Waals surface area contributed by atoms with Gasteiger partial charge in [0.1, 0.15) is 0 Å². The van der Waals surface area contributed by atoms with Crippen LogP contribution in [0.5, 0.6) is 0 Å². The van der Waals surface area contributed by atoms with Gasteiger partial charge in [-0.2, -0.15) is 0 Å². The van der Waals surface area contributed by atoms with Crippen molar-refractivity contribution in [3.05, 3.63) is 0 Å². The highest BCUT2D eigenvalue weighted by atomic mass is 16.5. The standard InChI is InChI=1S/C11H23NO/c1-4-12-8-11(7-10(2)3)5-6-13-9-11/h10,12H,4-9H2,1-3H3. The summed E-state index contributed by atoms with van der Waals surface area (Å²) in [5.41, 5.74) is 0.435. The molecule has 0 radical (unpaired) electrons. The van der Waals surface area contributed by atoms with Crippen LogP contribution >= 0.6 is 0 Å². The number of nitrogens with one attached hydrogen (secondary N) is 1. The fraction of sp³-hybridized carbons (Fsp3) is 1.00. The third-order valence-electron chi connectivity index (χ3n) is 2.78. The summed E-state index contributed by atoms with van der Waals surface area (Å²) in [7, 11) is 0. The molecule has 1 unspecified atom stereocenters. The Hall–Kier alpha value is -0.0800. The average Bonchev–Trinajstić information content (AvgIpc) is 2.49. The van der Waals surface area contributed by atoms with Crippen molar-refractivity contribution in [1.82, 2.24) is 5.32 Å². The van der Waals surface area contributed by atoms with E-state index in [-0.39, 0.29) is 0 Å². The first-order valence-electron chi connectivity index (χ1n) is 5.47. The Morgan fingerprint density at radius 2 is 2.23 bits per heavy atom. The molecule has 0 amide bonds. The van der Waals surface area contributed by atoms with E-state index in [1.165, 1.54) is 12.8 Å². The third kappa shape index (κ3) is 3.28. The summed E-state index contributed by atoms with van der Waals surface area (Å²) in [4.78, 5) is 0. The second-order valence-electron chi connectivity index (χ2n) is 4.68. The van der Waals surface area contributed by atoms with E-state index < -0.39 is 0 Å². The van der Waals surface area contributed by atoms with Crippen LogP contribution < -0.4 is 5.32 Å². The molecule has 1 N–H and O–H groups in total. The van der Waals surface area contributed by atoms with Gasteiger partial charge in [-0.3, -0.25) is 0 Å². The van der Waals surface area contributed by atoms with Gasteiger partial charge < -0.3 is 10.1 Å². The first-order valence-corrected chi connectivity index (χ1v) is 5.47. The van der Waals surface area contributed by atoms with Gasteiger partial charge in [-0.05, 0) is 25.3 Å². The van der Waals surface area contributed by atoms with Crippen LogP contribution in [0.2, 0.25) is 0 Å². The van der Waals surface area contributed by atoms with Crippen LogP contribution in [-0.2, 0) is 4.74 Å². The number of hydrogen-bond donors (Lipinski definition) is 1. The van der Waals surface area contributed by atoms with Crippen LogP contribution in [0.3, 0.4) is 0 Å². The Labute approximate surface area is 82.0 Å². The predicted octanol–water partition coefficient (Wildman–Crippen LogP) is 2.05. The van der Waals surface area contributed by atoms with Gasteiger partial charge in [-0.1, -0.05) is 20.8 Å². The lowest BCUT2D eigenvalue weighted by Gasteiger charge is -2.29. The molecule has 78 valence electrons. The molecule has 0 saturated carbocycles. The zero-order valence-electron chi connectivity index (χ0n) is 9.23. The van der Waals surface area contributed by atoms with Crippen molar-refractivity contribution in [3.63, 3.8) is 0 Å². The Bertz CT molecular complexity index is 139. The Morgan fingerprint density at radius 1 is 1.46 bits per heavy atom. The maximum absolute atomic E-state index is 5.52. The number of rotatable bonds is 5. The van der Waals surface area contributed by atoms with E-state index in [0.717, 1.165) is 32.2 Å². The molecule has 0 aliphatic carbocycles. The molecule has 0 aromatic carbocycles. The molecule has 1 rings (SSSR count). The molecule has 1 atom stereocenters. The van der Waals surface area contributed by atoms with Crippen molar-refractivity contribution >= 4 is 0 Å². The molecule has 2 heteroatoms. The van der Waals surface area contributed by atoms with Crippen molar-refractivity contribution in [1.29, 1.82) is 0 Å². The van der Waals surface area contributed by atoms with Crippen molar-refractivity contribution in [2.45, 2.75) is 33.6 Å². The third-order valence-corrected chi connectivity index (χ3v) is 2.78. The molecule has 2 nitrogen and oxygen atoms in total. The van der Waals surface area contributed by atoms with Gasteiger partial charge in [0.2, 0.25) is 0 Å². The minimum Gasteiger partial charge on any atom is -0.381 e. The van der Waals surface area contributed by atoms with Crippen LogP contribution in [0.4, 0.5) is 0 Å². The van der Waals surface area contributed by atoms with Gasteiger partial charge in [-0.15, -0.1) is 0 Å². The molecule has 1 saturated heterocycles. The number of ether oxygens (including phenoxy) is 1. The fourth-order valence-corrected chi connectivity index (χ4v) is 2.28. The summed E-state index contributed by atoms with van der Waals surface area (Å²) < 4.78 is 5.52. The van der Waals surface area contributed by atoms with Crippen molar-refractivity contribution < 1.29 is 4.74 Å². The molecule has 1 fully saturated rings. The predicted molar refractivity (Wildman–Crippen MR) is 55.9 cm³/mol. The highest BCUT2D eigenvalue weighted by Gasteiger charge is 2.34. The van der Waals surface area contributed by atoms with Gasteiger partial charge >= 0.3 is 0 Å². The van der Waals surface area contributed by atoms with Gasteiger partial charge in [0.15, 0.2) is 0 Å². The van der Waals surface area contributed by atoms with Crippen LogP contribution in [-0.4, -0.2) is 26.3 Å². The van der Waals surface area contributed by atoms with E-state index >= 15 is 0 Å². The zero-order chi connectivity index (χ0) is 9.73. The molecule has 0 aromatic heterocycles. The maximum Gasteiger partial charge on any atom is 0.0535 e. The van der Waals surface area contributed by atoms with E-state index in [2.05, 4.69) is 26.1 Å². The summed E-state index contributed by atoms with van der Waals surface area (Å²) in [6.45, 7) is 10.9. The quantitative estimate of drug-likeness (QED) is 0.708. The van der Waals surface area contributed by atoms with Crippen LogP contribution in [0.1, 0.15) is 33.6 Å². The Morgan fingerprint density at radius 3 is 2.69 bits per heavy atom. The zero-order valence-corrected chi connectivity index (χ0v) is 9.23. The topological polar surface area (TPSA) is 21.3 Å². The summed E-state index contributed by atoms with van der Waals surface area (Å²) in [5.74, 6) is 0.778. The van der Waals surface area contributed by atoms with Crippen LogP contribution in [0, 0.1) is 11.3 Å². The Kier molecular flexibility index (Phi) is 4.20. The molecule has 1 heterocycles. The van der Waals surface area contributed by atoms with E-state index in [1.54, 1.807) is 0 Å². The maximum atomic E-state index is 5.52. The lowest BCUT2D eigenvalue weighted by atomic mass is 9.79. The fourth-order valence-electron chi connectivity index (χ4n) is 2.28. The lowest BCUT2D eigenvalue weighted by molar-refractivity contribution is 0.135. The molecule has 1 aliphatic heterocycles. The molecule has 13 heavy (non-hydrogen) atoms. The van der Waals surface area contributed by atoms with Crippen LogP contribution in [0.15, 0.2) is 0 Å². The SMILES string of the molecule is CCNCC1(CC(C)C)CCOC1. The Balaban J connectivity index is 2.42. The summed E-state index contributed by atoms with van der Waals surface area (Å²) in [6, 6.07) is 0. The van der Waals surface area contributed by atoms with E-state index in [4.69, 9.17) is 4.74 Å². The van der Waals surface area contributed by atoms with E-state index in [1.807, 2.05) is 0 Å². The molecular weight excluding hydrogens is 162 g/mol. The molecule has 0 aromatic rings. The summed E-state index contributed by atoms with van der Waals surface area (Å²) >= 11 is 0. The molecule has 0 bridgehead atoms. The van der Waals surface area contributed by atoms with Crippen molar-refractivity contribution in [2.75, 3.05) is 26.3 Å². The molecule has 1 aliphatic rings. The normalized spacial score (nSPS) is 28.6. The highest BCUT2D eigenvalue weighted by molar-refractivity contribution is 4.86. The van der Waals surface area contributed by atoms with Gasteiger partial charge in [0.25, 0.3) is 0 Å². The second kappa shape index (κ2) is 4.97. The first kappa shape index (κ1) is 11.0. The van der Waals surface area contributed by atoms with Crippen molar-refractivity contribution in [2.24, 2.45) is 11.3 Å². The molecular formula is C11H23NO. The summed E-state index contributed by atoms with van der Waals surface area (Å²) in [6.07, 6.45) is 2.53. The average molecular weight is 185 g/mol. The van der Waals surface area contributed by atoms with E-state index in [0.29, 0.717) is 5.41 Å². The lowest BCUT2D eigenvalue weighted by Crippen LogP contribution is -2.35. The summed E-state index contributed by atoms with van der Waals surface area (Å²) in [5, 5.41) is 3.46. The minimum absolute atomic E-state index is 0.435. The highest BCUT2D eigenvalue weighted by Crippen LogP contribution is 2.34. The van der Waals surface area contributed by atoms with Gasteiger partial charge in [-0.25, -0.2) is 0 Å². The van der Waals surface area contributed by atoms with E-state index in [9.17, 15) is 0 Å². The monoisotopic (exact) mass is 185 g/mol. The van der Waals surface area contributed by atoms with Gasteiger partial charge in [0.05, 0.1) is 6.61 Å². The van der Waals surface area contributed by atoms with Crippen LogP contribution in [0.25, 0.3) is 0 Å². The smallest absolute Gasteiger partial charge is 0.0535 e.